The summed E-state index contributed by atoms with van der Waals surface area (Å²) in [5.41, 5.74) is -0.703. The number of carboxylic acids is 1. The summed E-state index contributed by atoms with van der Waals surface area (Å²) < 4.78 is 9.82. The first-order chi connectivity index (χ1) is 9.65. The van der Waals surface area contributed by atoms with E-state index in [2.05, 4.69) is 10.6 Å². The van der Waals surface area contributed by atoms with E-state index in [0.29, 0.717) is 13.2 Å². The molecule has 0 bridgehead atoms. The molecule has 0 heterocycles. The van der Waals surface area contributed by atoms with E-state index < -0.39 is 35.9 Å². The minimum atomic E-state index is -1.31. The summed E-state index contributed by atoms with van der Waals surface area (Å²) in [5.74, 6) is -2.48. The van der Waals surface area contributed by atoms with Crippen molar-refractivity contribution in [3.8, 4) is 0 Å². The number of esters is 1. The first-order valence-electron chi connectivity index (χ1n) is 6.59. The number of ether oxygens (including phenoxy) is 2. The van der Waals surface area contributed by atoms with Crippen molar-refractivity contribution < 1.29 is 29.0 Å². The van der Waals surface area contributed by atoms with Gasteiger partial charge in [0.2, 0.25) is 5.91 Å². The van der Waals surface area contributed by atoms with Gasteiger partial charge in [-0.1, -0.05) is 0 Å². The SMILES string of the molecule is COCCNCC(=O)N[C@@H](CC(=O)OC(C)(C)C)C(=O)O. The second-order valence-electron chi connectivity index (χ2n) is 5.42. The van der Waals surface area contributed by atoms with Crippen molar-refractivity contribution in [3.63, 3.8) is 0 Å². The topological polar surface area (TPSA) is 114 Å². The highest BCUT2D eigenvalue weighted by atomic mass is 16.6. The van der Waals surface area contributed by atoms with E-state index in [1.165, 1.54) is 7.11 Å². The summed E-state index contributed by atoms with van der Waals surface area (Å²) in [7, 11) is 1.53. The summed E-state index contributed by atoms with van der Waals surface area (Å²) in [6.45, 7) is 5.89. The Hall–Kier alpha value is -1.67. The Morgan fingerprint density at radius 1 is 1.24 bits per heavy atom. The molecule has 0 saturated heterocycles. The molecule has 3 N–H and O–H groups in total. The van der Waals surface area contributed by atoms with Crippen LogP contribution in [0, 0.1) is 0 Å². The van der Waals surface area contributed by atoms with E-state index in [1.807, 2.05) is 0 Å². The van der Waals surface area contributed by atoms with Crippen molar-refractivity contribution in [2.75, 3.05) is 26.8 Å². The molecule has 0 aromatic carbocycles. The molecule has 0 unspecified atom stereocenters. The molecule has 8 nitrogen and oxygen atoms in total. The van der Waals surface area contributed by atoms with Crippen molar-refractivity contribution >= 4 is 17.8 Å². The van der Waals surface area contributed by atoms with Gasteiger partial charge in [0.1, 0.15) is 11.6 Å². The summed E-state index contributed by atoms with van der Waals surface area (Å²) >= 11 is 0. The second kappa shape index (κ2) is 9.30. The van der Waals surface area contributed by atoms with E-state index in [1.54, 1.807) is 20.8 Å². The van der Waals surface area contributed by atoms with Crippen molar-refractivity contribution in [2.45, 2.75) is 38.8 Å². The third kappa shape index (κ3) is 10.7. The maximum Gasteiger partial charge on any atom is 0.326 e. The standard InChI is InChI=1S/C13H24N2O6/c1-13(2,3)21-11(17)7-9(12(18)19)15-10(16)8-14-5-6-20-4/h9,14H,5-8H2,1-4H3,(H,15,16)(H,18,19)/t9-/m0/s1. The number of carbonyl (C=O) groups is 3. The average Bonchev–Trinajstić information content (AvgIpc) is 2.31. The van der Waals surface area contributed by atoms with Gasteiger partial charge in [-0.05, 0) is 20.8 Å². The summed E-state index contributed by atoms with van der Waals surface area (Å²) in [4.78, 5) is 34.2. The van der Waals surface area contributed by atoms with Crippen LogP contribution in [-0.4, -0.2) is 61.4 Å². The molecule has 0 fully saturated rings. The Morgan fingerprint density at radius 2 is 1.86 bits per heavy atom. The number of carbonyl (C=O) groups excluding carboxylic acids is 2. The second-order valence-corrected chi connectivity index (χ2v) is 5.42. The Labute approximate surface area is 124 Å². The number of nitrogens with one attached hydrogen (secondary N) is 2. The molecular weight excluding hydrogens is 280 g/mol. The van der Waals surface area contributed by atoms with Crippen molar-refractivity contribution in [3.05, 3.63) is 0 Å². The minimum absolute atomic E-state index is 0.0541. The van der Waals surface area contributed by atoms with Gasteiger partial charge in [-0.25, -0.2) is 4.79 Å². The molecule has 1 amide bonds. The number of rotatable bonds is 9. The fourth-order valence-electron chi connectivity index (χ4n) is 1.37. The highest BCUT2D eigenvalue weighted by molar-refractivity contribution is 5.87. The van der Waals surface area contributed by atoms with Crippen LogP contribution in [0.1, 0.15) is 27.2 Å². The smallest absolute Gasteiger partial charge is 0.326 e. The van der Waals surface area contributed by atoms with Crippen LogP contribution in [0.25, 0.3) is 0 Å². The quantitative estimate of drug-likeness (QED) is 0.389. The number of aliphatic carboxylic acids is 1. The van der Waals surface area contributed by atoms with Crippen molar-refractivity contribution in [1.29, 1.82) is 0 Å². The van der Waals surface area contributed by atoms with Crippen LogP contribution < -0.4 is 10.6 Å². The van der Waals surface area contributed by atoms with Gasteiger partial charge in [-0.15, -0.1) is 0 Å². The fourth-order valence-corrected chi connectivity index (χ4v) is 1.37. The van der Waals surface area contributed by atoms with Crippen LogP contribution in [0.2, 0.25) is 0 Å². The van der Waals surface area contributed by atoms with E-state index in [-0.39, 0.29) is 6.54 Å². The van der Waals surface area contributed by atoms with E-state index in [4.69, 9.17) is 14.6 Å². The third-order valence-corrected chi connectivity index (χ3v) is 2.19. The van der Waals surface area contributed by atoms with Gasteiger partial charge in [0, 0.05) is 13.7 Å². The molecule has 0 saturated carbocycles. The molecule has 0 spiro atoms. The van der Waals surface area contributed by atoms with Gasteiger partial charge < -0.3 is 25.2 Å². The zero-order valence-corrected chi connectivity index (χ0v) is 12.9. The predicted octanol–water partition coefficient (Wildman–Crippen LogP) is -0.476. The largest absolute Gasteiger partial charge is 0.480 e. The third-order valence-electron chi connectivity index (χ3n) is 2.19. The molecule has 0 rings (SSSR count). The van der Waals surface area contributed by atoms with Crippen molar-refractivity contribution in [2.24, 2.45) is 0 Å². The lowest BCUT2D eigenvalue weighted by atomic mass is 10.1. The molecule has 0 aromatic rings. The summed E-state index contributed by atoms with van der Waals surface area (Å²) in [6.07, 6.45) is -0.420. The lowest BCUT2D eigenvalue weighted by molar-refractivity contribution is -0.158. The van der Waals surface area contributed by atoms with Crippen LogP contribution >= 0.6 is 0 Å². The number of hydrogen-bond acceptors (Lipinski definition) is 6. The summed E-state index contributed by atoms with van der Waals surface area (Å²) in [5, 5.41) is 14.1. The zero-order chi connectivity index (χ0) is 16.5. The molecule has 0 aliphatic carbocycles. The molecule has 0 radical (unpaired) electrons. The molecule has 1 atom stereocenters. The van der Waals surface area contributed by atoms with Crippen molar-refractivity contribution in [1.82, 2.24) is 10.6 Å². The number of hydrogen-bond donors (Lipinski definition) is 3. The Balaban J connectivity index is 4.27. The molecule has 0 aliphatic rings. The lowest BCUT2D eigenvalue weighted by Gasteiger charge is -2.21. The number of amides is 1. The Morgan fingerprint density at radius 3 is 2.33 bits per heavy atom. The van der Waals surface area contributed by atoms with Gasteiger partial charge in [0.25, 0.3) is 0 Å². The average molecular weight is 304 g/mol. The van der Waals surface area contributed by atoms with Gasteiger partial charge in [0.15, 0.2) is 0 Å². The van der Waals surface area contributed by atoms with Crippen LogP contribution in [-0.2, 0) is 23.9 Å². The van der Waals surface area contributed by atoms with Gasteiger partial charge in [0.05, 0.1) is 19.6 Å². The number of carboxylic acid groups (broad SMARTS) is 1. The van der Waals surface area contributed by atoms with Gasteiger partial charge >= 0.3 is 11.9 Å². The Bertz CT molecular complexity index is 364. The van der Waals surface area contributed by atoms with Crippen LogP contribution in [0.15, 0.2) is 0 Å². The molecule has 0 aromatic heterocycles. The highest BCUT2D eigenvalue weighted by Crippen LogP contribution is 2.09. The molecular formula is C13H24N2O6. The normalized spacial score (nSPS) is 12.6. The molecule has 122 valence electrons. The number of methoxy groups -OCH3 is 1. The minimum Gasteiger partial charge on any atom is -0.480 e. The van der Waals surface area contributed by atoms with E-state index >= 15 is 0 Å². The summed E-state index contributed by atoms with van der Waals surface area (Å²) in [6, 6.07) is -1.31. The van der Waals surface area contributed by atoms with Gasteiger partial charge in [-0.2, -0.15) is 0 Å². The first kappa shape index (κ1) is 19.3. The highest BCUT2D eigenvalue weighted by Gasteiger charge is 2.26. The Kier molecular flexibility index (Phi) is 8.56. The predicted molar refractivity (Wildman–Crippen MR) is 74.8 cm³/mol. The maximum atomic E-state index is 11.6. The first-order valence-corrected chi connectivity index (χ1v) is 6.59. The maximum absolute atomic E-state index is 11.6. The monoisotopic (exact) mass is 304 g/mol. The fraction of sp³-hybridized carbons (Fsp3) is 0.769. The lowest BCUT2D eigenvalue weighted by Crippen LogP contribution is -2.46. The zero-order valence-electron chi connectivity index (χ0n) is 12.9. The van der Waals surface area contributed by atoms with Crippen LogP contribution in [0.3, 0.4) is 0 Å². The van der Waals surface area contributed by atoms with E-state index in [9.17, 15) is 14.4 Å². The van der Waals surface area contributed by atoms with Gasteiger partial charge in [-0.3, -0.25) is 9.59 Å². The van der Waals surface area contributed by atoms with Crippen LogP contribution in [0.5, 0.6) is 0 Å². The van der Waals surface area contributed by atoms with E-state index in [0.717, 1.165) is 0 Å². The molecule has 8 heteroatoms. The van der Waals surface area contributed by atoms with Crippen LogP contribution in [0.4, 0.5) is 0 Å². The molecule has 0 aliphatic heterocycles. The molecule has 21 heavy (non-hydrogen) atoms.